The van der Waals surface area contributed by atoms with Gasteiger partial charge in [0.2, 0.25) is 0 Å². The molecule has 0 aliphatic heterocycles. The van der Waals surface area contributed by atoms with Gasteiger partial charge in [0.1, 0.15) is 0 Å². The second-order valence-corrected chi connectivity index (χ2v) is 6.35. The minimum absolute atomic E-state index is 0.274. The highest BCUT2D eigenvalue weighted by atomic mass is 35.5. The number of hydrogen-bond donors (Lipinski definition) is 1. The fraction of sp³-hybridized carbons (Fsp3) is 0.471. The molecule has 1 heterocycles. The van der Waals surface area contributed by atoms with Gasteiger partial charge in [-0.2, -0.15) is 5.10 Å². The highest BCUT2D eigenvalue weighted by Crippen LogP contribution is 2.29. The minimum Gasteiger partial charge on any atom is -0.330 e. The lowest BCUT2D eigenvalue weighted by atomic mass is 9.94. The third-order valence-electron chi connectivity index (χ3n) is 4.42. The van der Waals surface area contributed by atoms with E-state index in [-0.39, 0.29) is 5.92 Å². The van der Waals surface area contributed by atoms with E-state index >= 15 is 0 Å². The fourth-order valence-electron chi connectivity index (χ4n) is 3.21. The molecule has 0 radical (unpaired) electrons. The van der Waals surface area contributed by atoms with Crippen molar-refractivity contribution in [2.75, 3.05) is 6.54 Å². The van der Waals surface area contributed by atoms with Gasteiger partial charge in [-0.1, -0.05) is 36.6 Å². The van der Waals surface area contributed by atoms with Crippen LogP contribution < -0.4 is 5.73 Å². The Morgan fingerprint density at radius 2 is 2.10 bits per heavy atom. The van der Waals surface area contributed by atoms with Gasteiger partial charge in [0.05, 0.1) is 11.7 Å². The van der Waals surface area contributed by atoms with Crippen molar-refractivity contribution < 1.29 is 0 Å². The van der Waals surface area contributed by atoms with E-state index in [0.29, 0.717) is 12.6 Å². The molecule has 0 saturated heterocycles. The van der Waals surface area contributed by atoms with Crippen molar-refractivity contribution in [3.63, 3.8) is 0 Å². The first-order valence-electron chi connectivity index (χ1n) is 7.76. The molecule has 3 rings (SSSR count). The zero-order valence-corrected chi connectivity index (χ0v) is 13.0. The summed E-state index contributed by atoms with van der Waals surface area (Å²) in [6, 6.07) is 10.7. The van der Waals surface area contributed by atoms with E-state index in [4.69, 9.17) is 22.4 Å². The molecule has 1 fully saturated rings. The number of rotatable bonds is 5. The molecule has 2 N–H and O–H groups in total. The van der Waals surface area contributed by atoms with Crippen molar-refractivity contribution in [1.82, 2.24) is 9.78 Å². The molecule has 1 aromatic heterocycles. The second-order valence-electron chi connectivity index (χ2n) is 5.92. The van der Waals surface area contributed by atoms with Crippen molar-refractivity contribution >= 4 is 11.6 Å². The molecule has 1 aromatic carbocycles. The summed E-state index contributed by atoms with van der Waals surface area (Å²) in [5.74, 6) is 0.274. The van der Waals surface area contributed by atoms with Gasteiger partial charge in [-0.3, -0.25) is 4.68 Å². The Kier molecular flexibility index (Phi) is 4.61. The number of hydrogen-bond acceptors (Lipinski definition) is 2. The van der Waals surface area contributed by atoms with Gasteiger partial charge in [-0.05, 0) is 49.6 Å². The van der Waals surface area contributed by atoms with Crippen molar-refractivity contribution in [2.24, 2.45) is 5.73 Å². The monoisotopic (exact) mass is 303 g/mol. The van der Waals surface area contributed by atoms with Crippen LogP contribution in [0, 0.1) is 0 Å². The first-order valence-corrected chi connectivity index (χ1v) is 8.13. The SMILES string of the molecule is NCC(Cc1ccn(C2CCCC2)n1)c1cccc(Cl)c1. The predicted octanol–water partition coefficient (Wildman–Crippen LogP) is 3.94. The van der Waals surface area contributed by atoms with Gasteiger partial charge in [0.15, 0.2) is 0 Å². The Hall–Kier alpha value is -1.32. The van der Waals surface area contributed by atoms with Gasteiger partial charge in [0, 0.05) is 17.1 Å². The molecule has 21 heavy (non-hydrogen) atoms. The van der Waals surface area contributed by atoms with Crippen LogP contribution in [-0.2, 0) is 6.42 Å². The minimum atomic E-state index is 0.274. The molecule has 2 aromatic rings. The number of aromatic nitrogens is 2. The van der Waals surface area contributed by atoms with Crippen LogP contribution in [0.15, 0.2) is 36.5 Å². The van der Waals surface area contributed by atoms with Crippen molar-refractivity contribution in [3.05, 3.63) is 52.8 Å². The smallest absolute Gasteiger partial charge is 0.0631 e. The van der Waals surface area contributed by atoms with Crippen LogP contribution in [-0.4, -0.2) is 16.3 Å². The Labute approximate surface area is 131 Å². The molecule has 112 valence electrons. The normalized spacial score (nSPS) is 17.2. The van der Waals surface area contributed by atoms with Gasteiger partial charge < -0.3 is 5.73 Å². The number of benzene rings is 1. The van der Waals surface area contributed by atoms with E-state index in [2.05, 4.69) is 23.0 Å². The topological polar surface area (TPSA) is 43.8 Å². The third-order valence-corrected chi connectivity index (χ3v) is 4.66. The lowest BCUT2D eigenvalue weighted by Crippen LogP contribution is -2.15. The first kappa shape index (κ1) is 14.6. The summed E-state index contributed by atoms with van der Waals surface area (Å²) in [5.41, 5.74) is 8.27. The van der Waals surface area contributed by atoms with E-state index in [9.17, 15) is 0 Å². The molecule has 1 saturated carbocycles. The summed E-state index contributed by atoms with van der Waals surface area (Å²) in [5, 5.41) is 5.52. The number of nitrogens with zero attached hydrogens (tertiary/aromatic N) is 2. The summed E-state index contributed by atoms with van der Waals surface area (Å²) >= 11 is 6.08. The maximum absolute atomic E-state index is 6.08. The fourth-order valence-corrected chi connectivity index (χ4v) is 3.41. The quantitative estimate of drug-likeness (QED) is 0.909. The Morgan fingerprint density at radius 1 is 1.29 bits per heavy atom. The van der Waals surface area contributed by atoms with Crippen LogP contribution in [0.25, 0.3) is 0 Å². The highest BCUT2D eigenvalue weighted by Gasteiger charge is 2.18. The highest BCUT2D eigenvalue weighted by molar-refractivity contribution is 6.30. The summed E-state index contributed by atoms with van der Waals surface area (Å²) in [7, 11) is 0. The lowest BCUT2D eigenvalue weighted by Gasteiger charge is -2.14. The average Bonchev–Trinajstić information content (AvgIpc) is 3.15. The molecule has 0 spiro atoms. The molecule has 1 aliphatic rings. The van der Waals surface area contributed by atoms with Crippen LogP contribution in [0.4, 0.5) is 0 Å². The summed E-state index contributed by atoms with van der Waals surface area (Å²) < 4.78 is 2.15. The zero-order valence-electron chi connectivity index (χ0n) is 12.2. The largest absolute Gasteiger partial charge is 0.330 e. The molecule has 1 unspecified atom stereocenters. The average molecular weight is 304 g/mol. The van der Waals surface area contributed by atoms with Crippen LogP contribution in [0.3, 0.4) is 0 Å². The Bertz CT molecular complexity index is 587. The summed E-state index contributed by atoms with van der Waals surface area (Å²) in [6.07, 6.45) is 8.17. The van der Waals surface area contributed by atoms with Crippen molar-refractivity contribution in [3.8, 4) is 0 Å². The van der Waals surface area contributed by atoms with Crippen molar-refractivity contribution in [2.45, 2.75) is 44.1 Å². The van der Waals surface area contributed by atoms with Crippen molar-refractivity contribution in [1.29, 1.82) is 0 Å². The van der Waals surface area contributed by atoms with Gasteiger partial charge in [-0.15, -0.1) is 0 Å². The van der Waals surface area contributed by atoms with E-state index in [0.717, 1.165) is 17.1 Å². The van der Waals surface area contributed by atoms with Crippen LogP contribution >= 0.6 is 11.6 Å². The van der Waals surface area contributed by atoms with Gasteiger partial charge in [-0.25, -0.2) is 0 Å². The lowest BCUT2D eigenvalue weighted by molar-refractivity contribution is 0.461. The van der Waals surface area contributed by atoms with Gasteiger partial charge >= 0.3 is 0 Å². The molecular weight excluding hydrogens is 282 g/mol. The first-order chi connectivity index (χ1) is 10.3. The second kappa shape index (κ2) is 6.63. The van der Waals surface area contributed by atoms with E-state index in [1.165, 1.54) is 31.2 Å². The number of halogens is 1. The summed E-state index contributed by atoms with van der Waals surface area (Å²) in [4.78, 5) is 0. The standard InChI is InChI=1S/C17H22ClN3/c18-15-5-3-4-13(10-15)14(12-19)11-16-8-9-21(20-16)17-6-1-2-7-17/h3-5,8-10,14,17H,1-2,6-7,11-12,19H2. The molecule has 0 bridgehead atoms. The van der Waals surface area contributed by atoms with Crippen LogP contribution in [0.1, 0.15) is 48.9 Å². The molecule has 0 amide bonds. The predicted molar refractivity (Wildman–Crippen MR) is 86.7 cm³/mol. The molecular formula is C17H22ClN3. The molecule has 1 aliphatic carbocycles. The molecule has 1 atom stereocenters. The third kappa shape index (κ3) is 3.47. The molecule has 3 nitrogen and oxygen atoms in total. The molecule has 4 heteroatoms. The summed E-state index contributed by atoms with van der Waals surface area (Å²) in [6.45, 7) is 0.608. The Balaban J connectivity index is 1.72. The van der Waals surface area contributed by atoms with Crippen LogP contribution in [0.5, 0.6) is 0 Å². The Morgan fingerprint density at radius 3 is 2.81 bits per heavy atom. The maximum Gasteiger partial charge on any atom is 0.0631 e. The van der Waals surface area contributed by atoms with Crippen LogP contribution in [0.2, 0.25) is 5.02 Å². The van der Waals surface area contributed by atoms with E-state index in [1.54, 1.807) is 0 Å². The van der Waals surface area contributed by atoms with Gasteiger partial charge in [0.25, 0.3) is 0 Å². The maximum atomic E-state index is 6.08. The zero-order chi connectivity index (χ0) is 14.7. The van der Waals surface area contributed by atoms with E-state index < -0.39 is 0 Å². The van der Waals surface area contributed by atoms with E-state index in [1.807, 2.05) is 18.2 Å². The number of nitrogens with two attached hydrogens (primary N) is 1.